The third kappa shape index (κ3) is 2.79. The quantitative estimate of drug-likeness (QED) is 0.686. The van der Waals surface area contributed by atoms with E-state index < -0.39 is 8.32 Å². The number of hydrogen-bond acceptors (Lipinski definition) is 3. The second kappa shape index (κ2) is 3.41. The van der Waals surface area contributed by atoms with Gasteiger partial charge in [-0.15, -0.1) is 11.3 Å². The molecule has 12 heavy (non-hydrogen) atoms. The van der Waals surface area contributed by atoms with E-state index in [4.69, 9.17) is 4.43 Å². The summed E-state index contributed by atoms with van der Waals surface area (Å²) in [6.45, 7) is 6.00. The van der Waals surface area contributed by atoms with Crippen LogP contribution in [0.15, 0.2) is 17.5 Å². The number of carbonyl (C=O) groups excluding carboxylic acids is 1. The van der Waals surface area contributed by atoms with Crippen LogP contribution in [0.5, 0.6) is 0 Å². The van der Waals surface area contributed by atoms with Gasteiger partial charge in [-0.2, -0.15) is 0 Å². The molecular formula is C8H12O2SSi. The Kier molecular flexibility index (Phi) is 2.69. The fraction of sp³-hybridized carbons (Fsp3) is 0.375. The van der Waals surface area contributed by atoms with Gasteiger partial charge in [0.2, 0.25) is 8.32 Å². The molecule has 0 radical (unpaired) electrons. The van der Waals surface area contributed by atoms with E-state index in [2.05, 4.69) is 0 Å². The van der Waals surface area contributed by atoms with E-state index in [0.29, 0.717) is 4.88 Å². The third-order valence-corrected chi connectivity index (χ3v) is 2.77. The van der Waals surface area contributed by atoms with Gasteiger partial charge in [0.25, 0.3) is 0 Å². The van der Waals surface area contributed by atoms with E-state index in [9.17, 15) is 4.79 Å². The first-order chi connectivity index (χ1) is 5.49. The van der Waals surface area contributed by atoms with Gasteiger partial charge in [0, 0.05) is 0 Å². The summed E-state index contributed by atoms with van der Waals surface area (Å²) in [6, 6.07) is 3.64. The average Bonchev–Trinajstić information content (AvgIpc) is 2.32. The largest absolute Gasteiger partial charge is 0.516 e. The number of thiophene rings is 1. The summed E-state index contributed by atoms with van der Waals surface area (Å²) in [7, 11) is -1.72. The maximum Gasteiger partial charge on any atom is 0.334 e. The summed E-state index contributed by atoms with van der Waals surface area (Å²) >= 11 is 1.42. The normalized spacial score (nSPS) is 11.2. The van der Waals surface area contributed by atoms with Crippen molar-refractivity contribution in [3.8, 4) is 0 Å². The smallest absolute Gasteiger partial charge is 0.334 e. The molecule has 1 aromatic heterocycles. The predicted molar refractivity (Wildman–Crippen MR) is 53.1 cm³/mol. The second-order valence-corrected chi connectivity index (χ2v) is 8.86. The number of carbonyl (C=O) groups is 1. The van der Waals surface area contributed by atoms with Crippen LogP contribution >= 0.6 is 11.3 Å². The van der Waals surface area contributed by atoms with E-state index in [1.807, 2.05) is 31.1 Å². The zero-order chi connectivity index (χ0) is 9.19. The maximum atomic E-state index is 11.3. The van der Waals surface area contributed by atoms with E-state index in [1.165, 1.54) is 11.3 Å². The Labute approximate surface area is 77.3 Å². The molecule has 0 aliphatic rings. The lowest BCUT2D eigenvalue weighted by Gasteiger charge is -2.16. The second-order valence-electron chi connectivity index (χ2n) is 3.48. The Morgan fingerprint density at radius 3 is 2.58 bits per heavy atom. The van der Waals surface area contributed by atoms with E-state index in [0.717, 1.165) is 0 Å². The van der Waals surface area contributed by atoms with Crippen LogP contribution in [0.2, 0.25) is 19.6 Å². The summed E-state index contributed by atoms with van der Waals surface area (Å²) in [5, 5.41) is 1.88. The molecule has 0 amide bonds. The van der Waals surface area contributed by atoms with Gasteiger partial charge in [-0.05, 0) is 31.1 Å². The van der Waals surface area contributed by atoms with Crippen molar-refractivity contribution >= 4 is 25.6 Å². The highest BCUT2D eigenvalue weighted by Gasteiger charge is 2.21. The molecule has 0 N–H and O–H groups in total. The van der Waals surface area contributed by atoms with Crippen molar-refractivity contribution in [2.45, 2.75) is 19.6 Å². The van der Waals surface area contributed by atoms with Crippen molar-refractivity contribution in [1.29, 1.82) is 0 Å². The molecule has 0 saturated carbocycles. The Hall–Kier alpha value is -0.613. The molecule has 1 heterocycles. The lowest BCUT2D eigenvalue weighted by Crippen LogP contribution is -2.28. The first-order valence-corrected chi connectivity index (χ1v) is 8.05. The van der Waals surface area contributed by atoms with Crippen molar-refractivity contribution in [2.24, 2.45) is 0 Å². The molecule has 0 aliphatic carbocycles. The molecule has 0 spiro atoms. The van der Waals surface area contributed by atoms with Gasteiger partial charge in [0.15, 0.2) is 0 Å². The lowest BCUT2D eigenvalue weighted by molar-refractivity contribution is 0.0730. The minimum atomic E-state index is -1.72. The van der Waals surface area contributed by atoms with Gasteiger partial charge in [0.1, 0.15) is 4.88 Å². The lowest BCUT2D eigenvalue weighted by atomic mass is 10.5. The molecule has 1 rings (SSSR count). The van der Waals surface area contributed by atoms with Crippen molar-refractivity contribution in [3.05, 3.63) is 22.4 Å². The maximum absolute atomic E-state index is 11.3. The third-order valence-electron chi connectivity index (χ3n) is 1.12. The van der Waals surface area contributed by atoms with Crippen molar-refractivity contribution in [2.75, 3.05) is 0 Å². The highest BCUT2D eigenvalue weighted by Crippen LogP contribution is 2.13. The summed E-state index contributed by atoms with van der Waals surface area (Å²) in [5.74, 6) is -0.177. The number of rotatable bonds is 2. The molecule has 4 heteroatoms. The van der Waals surface area contributed by atoms with Crippen LogP contribution in [-0.4, -0.2) is 14.3 Å². The van der Waals surface area contributed by atoms with Crippen molar-refractivity contribution in [3.63, 3.8) is 0 Å². The topological polar surface area (TPSA) is 26.3 Å². The van der Waals surface area contributed by atoms with E-state index >= 15 is 0 Å². The van der Waals surface area contributed by atoms with E-state index in [-0.39, 0.29) is 5.97 Å². The van der Waals surface area contributed by atoms with Crippen LogP contribution in [0.1, 0.15) is 9.67 Å². The fourth-order valence-corrected chi connectivity index (χ4v) is 2.06. The summed E-state index contributed by atoms with van der Waals surface area (Å²) in [6.07, 6.45) is 0. The van der Waals surface area contributed by atoms with Gasteiger partial charge < -0.3 is 4.43 Å². The predicted octanol–water partition coefficient (Wildman–Crippen LogP) is 2.74. The molecule has 0 aliphatic heterocycles. The summed E-state index contributed by atoms with van der Waals surface area (Å²) in [4.78, 5) is 12.0. The van der Waals surface area contributed by atoms with Crippen LogP contribution in [0.3, 0.4) is 0 Å². The zero-order valence-electron chi connectivity index (χ0n) is 7.46. The summed E-state index contributed by atoms with van der Waals surface area (Å²) in [5.41, 5.74) is 0. The Bertz CT molecular complexity index is 261. The molecule has 0 fully saturated rings. The standard InChI is InChI=1S/C8H12O2SSi/c1-12(2,3)10-8(9)7-5-4-6-11-7/h4-6H,1-3H3. The Morgan fingerprint density at radius 2 is 2.17 bits per heavy atom. The minimum Gasteiger partial charge on any atom is -0.516 e. The molecular weight excluding hydrogens is 188 g/mol. The molecule has 0 saturated heterocycles. The van der Waals surface area contributed by atoms with Gasteiger partial charge in [-0.1, -0.05) is 6.07 Å². The van der Waals surface area contributed by atoms with Crippen molar-refractivity contribution in [1.82, 2.24) is 0 Å². The zero-order valence-corrected chi connectivity index (χ0v) is 9.27. The van der Waals surface area contributed by atoms with Crippen LogP contribution in [0.4, 0.5) is 0 Å². The molecule has 66 valence electrons. The Balaban J connectivity index is 2.63. The monoisotopic (exact) mass is 200 g/mol. The minimum absolute atomic E-state index is 0.177. The summed E-state index contributed by atoms with van der Waals surface area (Å²) < 4.78 is 5.29. The van der Waals surface area contributed by atoms with Gasteiger partial charge in [-0.3, -0.25) is 0 Å². The fourth-order valence-electron chi connectivity index (χ4n) is 0.723. The molecule has 0 atom stereocenters. The molecule has 2 nitrogen and oxygen atoms in total. The van der Waals surface area contributed by atoms with Crippen molar-refractivity contribution < 1.29 is 9.22 Å². The van der Waals surface area contributed by atoms with Gasteiger partial charge in [0.05, 0.1) is 0 Å². The van der Waals surface area contributed by atoms with Gasteiger partial charge >= 0.3 is 5.97 Å². The van der Waals surface area contributed by atoms with Crippen LogP contribution in [-0.2, 0) is 4.43 Å². The van der Waals surface area contributed by atoms with Crippen LogP contribution in [0, 0.1) is 0 Å². The first-order valence-electron chi connectivity index (χ1n) is 3.76. The first kappa shape index (κ1) is 9.47. The Morgan fingerprint density at radius 1 is 1.50 bits per heavy atom. The molecule has 0 aromatic carbocycles. The van der Waals surface area contributed by atoms with Gasteiger partial charge in [-0.25, -0.2) is 4.79 Å². The van der Waals surface area contributed by atoms with Crippen LogP contribution < -0.4 is 0 Å². The number of hydrogen-bond donors (Lipinski definition) is 0. The van der Waals surface area contributed by atoms with E-state index in [1.54, 1.807) is 6.07 Å². The average molecular weight is 200 g/mol. The SMILES string of the molecule is C[Si](C)(C)OC(=O)c1cccs1. The highest BCUT2D eigenvalue weighted by molar-refractivity contribution is 7.12. The molecule has 0 bridgehead atoms. The highest BCUT2D eigenvalue weighted by atomic mass is 32.1. The molecule has 1 aromatic rings. The molecule has 0 unspecified atom stereocenters. The van der Waals surface area contributed by atoms with Crippen LogP contribution in [0.25, 0.3) is 0 Å².